The number of unbranched alkanes of at least 4 members (excludes halogenated alkanes) is 1. The summed E-state index contributed by atoms with van der Waals surface area (Å²) in [6.45, 7) is 19.7. The molecule has 3 N–H and O–H groups in total. The number of aliphatic hydroxyl groups is 1. The van der Waals surface area contributed by atoms with E-state index in [0.29, 0.717) is 26.0 Å². The zero-order chi connectivity index (χ0) is 24.3. The Bertz CT molecular complexity index is 541. The lowest BCUT2D eigenvalue weighted by Crippen LogP contribution is -2.46. The predicted octanol–water partition coefficient (Wildman–Crippen LogP) is 4.74. The van der Waals surface area contributed by atoms with Crippen molar-refractivity contribution in [2.75, 3.05) is 13.2 Å². The molecule has 8 heteroatoms. The number of nitrogens with one attached hydrogen (secondary N) is 2. The molecule has 2 amide bonds. The second kappa shape index (κ2) is 13.4. The molecule has 0 fully saturated rings. The van der Waals surface area contributed by atoms with Crippen molar-refractivity contribution in [1.82, 2.24) is 10.6 Å². The highest BCUT2D eigenvalue weighted by atomic mass is 28.4. The maximum Gasteiger partial charge on any atom is 0.407 e. The van der Waals surface area contributed by atoms with E-state index in [0.717, 1.165) is 12.8 Å². The van der Waals surface area contributed by atoms with Crippen molar-refractivity contribution in [2.45, 2.75) is 123 Å². The monoisotopic (exact) mass is 460 g/mol. The Morgan fingerprint density at radius 2 is 1.65 bits per heavy atom. The molecule has 0 unspecified atom stereocenters. The van der Waals surface area contributed by atoms with E-state index in [1.165, 1.54) is 0 Å². The van der Waals surface area contributed by atoms with E-state index in [2.05, 4.69) is 51.4 Å². The van der Waals surface area contributed by atoms with Crippen molar-refractivity contribution in [2.24, 2.45) is 0 Å². The average Bonchev–Trinajstić information content (AvgIpc) is 2.59. The van der Waals surface area contributed by atoms with E-state index in [4.69, 9.17) is 9.16 Å². The number of hydrogen-bond acceptors (Lipinski definition) is 5. The number of amides is 2. The fourth-order valence-electron chi connectivity index (χ4n) is 2.64. The molecule has 184 valence electrons. The fraction of sp³-hybridized carbons (Fsp3) is 0.913. The summed E-state index contributed by atoms with van der Waals surface area (Å²) in [5.41, 5.74) is -0.621. The number of hydrogen-bond donors (Lipinski definition) is 3. The molecule has 31 heavy (non-hydrogen) atoms. The standard InChI is InChI=1S/C23H48N2O5Si/c1-10-11-16-24-20(27)15-14-19(26)18(25-21(28)30-22(2,3)4)13-12-17-29-31(8,9)23(5,6)7/h18-19,26H,10-17H2,1-9H3,(H,24,27)(H,25,28)/t18-,19+/m0/s1. The van der Waals surface area contributed by atoms with Crippen LogP contribution in [0.5, 0.6) is 0 Å². The van der Waals surface area contributed by atoms with Crippen molar-refractivity contribution < 1.29 is 23.9 Å². The Balaban J connectivity index is 4.80. The predicted molar refractivity (Wildman–Crippen MR) is 129 cm³/mol. The number of carbonyl (C=O) groups is 2. The molecule has 0 spiro atoms. The summed E-state index contributed by atoms with van der Waals surface area (Å²) < 4.78 is 11.6. The quantitative estimate of drug-likeness (QED) is 0.272. The van der Waals surface area contributed by atoms with Gasteiger partial charge in [-0.15, -0.1) is 0 Å². The Kier molecular flexibility index (Phi) is 12.9. The number of carbonyl (C=O) groups excluding carboxylic acids is 2. The van der Waals surface area contributed by atoms with Crippen LogP contribution in [0.2, 0.25) is 18.1 Å². The van der Waals surface area contributed by atoms with Crippen LogP contribution in [0.1, 0.15) is 87.0 Å². The van der Waals surface area contributed by atoms with Crippen molar-refractivity contribution >= 4 is 20.3 Å². The minimum atomic E-state index is -1.84. The molecule has 2 atom stereocenters. The van der Waals surface area contributed by atoms with Gasteiger partial charge in [0.05, 0.1) is 12.1 Å². The van der Waals surface area contributed by atoms with Crippen molar-refractivity contribution in [1.29, 1.82) is 0 Å². The highest BCUT2D eigenvalue weighted by molar-refractivity contribution is 6.74. The summed E-state index contributed by atoms with van der Waals surface area (Å²) in [4.78, 5) is 24.2. The van der Waals surface area contributed by atoms with E-state index in [1.54, 1.807) is 20.8 Å². The number of ether oxygens (including phenoxy) is 1. The molecule has 0 aromatic heterocycles. The summed E-state index contributed by atoms with van der Waals surface area (Å²) in [5.74, 6) is -0.0789. The third-order valence-corrected chi connectivity index (χ3v) is 10.2. The summed E-state index contributed by atoms with van der Waals surface area (Å²) in [6, 6.07) is -0.499. The van der Waals surface area contributed by atoms with Gasteiger partial charge in [-0.25, -0.2) is 4.79 Å². The first kappa shape index (κ1) is 29.9. The first-order valence-electron chi connectivity index (χ1n) is 11.7. The van der Waals surface area contributed by atoms with Crippen LogP contribution in [-0.2, 0) is 14.0 Å². The first-order chi connectivity index (χ1) is 14.1. The van der Waals surface area contributed by atoms with Crippen LogP contribution < -0.4 is 10.6 Å². The Morgan fingerprint density at radius 1 is 1.03 bits per heavy atom. The van der Waals surface area contributed by atoms with Gasteiger partial charge >= 0.3 is 6.09 Å². The normalized spacial score (nSPS) is 14.6. The molecule has 0 aliphatic rings. The van der Waals surface area contributed by atoms with Gasteiger partial charge in [-0.1, -0.05) is 34.1 Å². The number of alkyl carbamates (subject to hydrolysis) is 1. The smallest absolute Gasteiger partial charge is 0.407 e. The molecular formula is C23H48N2O5Si. The van der Waals surface area contributed by atoms with E-state index in [9.17, 15) is 14.7 Å². The summed E-state index contributed by atoms with van der Waals surface area (Å²) >= 11 is 0. The van der Waals surface area contributed by atoms with E-state index >= 15 is 0 Å². The molecule has 0 aromatic carbocycles. The largest absolute Gasteiger partial charge is 0.444 e. The molecule has 0 aromatic rings. The molecule has 0 radical (unpaired) electrons. The Morgan fingerprint density at radius 3 is 2.16 bits per heavy atom. The van der Waals surface area contributed by atoms with Crippen LogP contribution in [0.25, 0.3) is 0 Å². The van der Waals surface area contributed by atoms with Crippen molar-refractivity contribution in [3.05, 3.63) is 0 Å². The van der Waals surface area contributed by atoms with Crippen LogP contribution in [0.15, 0.2) is 0 Å². The number of aliphatic hydroxyl groups excluding tert-OH is 1. The van der Waals surface area contributed by atoms with Gasteiger partial charge in [-0.3, -0.25) is 4.79 Å². The molecule has 0 aliphatic carbocycles. The van der Waals surface area contributed by atoms with Crippen LogP contribution in [0.4, 0.5) is 4.79 Å². The third-order valence-electron chi connectivity index (χ3n) is 5.61. The lowest BCUT2D eigenvalue weighted by molar-refractivity contribution is -0.121. The highest BCUT2D eigenvalue weighted by Gasteiger charge is 2.37. The molecule has 0 saturated carbocycles. The number of rotatable bonds is 13. The fourth-order valence-corrected chi connectivity index (χ4v) is 3.73. The highest BCUT2D eigenvalue weighted by Crippen LogP contribution is 2.36. The van der Waals surface area contributed by atoms with Gasteiger partial charge in [-0.2, -0.15) is 0 Å². The van der Waals surface area contributed by atoms with Crippen LogP contribution in [-0.4, -0.2) is 56.3 Å². The Labute approximate surface area is 191 Å². The van der Waals surface area contributed by atoms with E-state index < -0.39 is 32.2 Å². The molecule has 0 heterocycles. The molecule has 0 rings (SSSR count). The van der Waals surface area contributed by atoms with Gasteiger partial charge in [0.2, 0.25) is 5.91 Å². The Hall–Kier alpha value is -1.12. The van der Waals surface area contributed by atoms with Gasteiger partial charge in [0.1, 0.15) is 5.60 Å². The van der Waals surface area contributed by atoms with Gasteiger partial charge in [0.15, 0.2) is 8.32 Å². The molecular weight excluding hydrogens is 412 g/mol. The lowest BCUT2D eigenvalue weighted by Gasteiger charge is -2.36. The summed E-state index contributed by atoms with van der Waals surface area (Å²) in [7, 11) is -1.84. The minimum absolute atomic E-state index is 0.0789. The summed E-state index contributed by atoms with van der Waals surface area (Å²) in [6.07, 6.45) is 2.30. The summed E-state index contributed by atoms with van der Waals surface area (Å²) in [5, 5.41) is 16.5. The first-order valence-corrected chi connectivity index (χ1v) is 14.6. The van der Waals surface area contributed by atoms with Crippen LogP contribution in [0.3, 0.4) is 0 Å². The molecule has 0 saturated heterocycles. The minimum Gasteiger partial charge on any atom is -0.444 e. The average molecular weight is 461 g/mol. The molecule has 0 aliphatic heterocycles. The van der Waals surface area contributed by atoms with Crippen LogP contribution in [0, 0.1) is 0 Å². The third kappa shape index (κ3) is 13.8. The second-order valence-corrected chi connectivity index (χ2v) is 15.6. The van der Waals surface area contributed by atoms with Crippen LogP contribution >= 0.6 is 0 Å². The van der Waals surface area contributed by atoms with E-state index in [1.807, 2.05) is 0 Å². The van der Waals surface area contributed by atoms with Gasteiger partial charge in [-0.05, 0) is 64.6 Å². The zero-order valence-electron chi connectivity index (χ0n) is 21.4. The lowest BCUT2D eigenvalue weighted by atomic mass is 10.0. The zero-order valence-corrected chi connectivity index (χ0v) is 22.4. The SMILES string of the molecule is CCCCNC(=O)CC[C@@H](O)[C@H](CCCO[Si](C)(C)C(C)(C)C)NC(=O)OC(C)(C)C. The molecule has 0 bridgehead atoms. The second-order valence-electron chi connectivity index (χ2n) is 10.8. The maximum absolute atomic E-state index is 12.3. The van der Waals surface area contributed by atoms with E-state index in [-0.39, 0.29) is 23.8 Å². The van der Waals surface area contributed by atoms with Crippen molar-refractivity contribution in [3.8, 4) is 0 Å². The van der Waals surface area contributed by atoms with Crippen molar-refractivity contribution in [3.63, 3.8) is 0 Å². The van der Waals surface area contributed by atoms with Gasteiger partial charge in [0, 0.05) is 19.6 Å². The topological polar surface area (TPSA) is 96.9 Å². The molecule has 7 nitrogen and oxygen atoms in total. The van der Waals surface area contributed by atoms with Gasteiger partial charge < -0.3 is 24.9 Å². The maximum atomic E-state index is 12.3. The van der Waals surface area contributed by atoms with Gasteiger partial charge in [0.25, 0.3) is 0 Å².